The number of Topliss-reactive ketones (excluding diaryl/α,β-unsaturated/α-hetero) is 1. The molecule has 2 aromatic carbocycles. The van der Waals surface area contributed by atoms with Gasteiger partial charge in [-0.05, 0) is 42.5 Å². The van der Waals surface area contributed by atoms with Crippen LogP contribution in [0.15, 0.2) is 66.7 Å². The van der Waals surface area contributed by atoms with Crippen LogP contribution in [0.5, 0.6) is 0 Å². The van der Waals surface area contributed by atoms with Crippen LogP contribution in [-0.2, 0) is 0 Å². The Kier molecular flexibility index (Phi) is 3.05. The van der Waals surface area contributed by atoms with Crippen molar-refractivity contribution in [2.45, 2.75) is 13.8 Å². The Bertz CT molecular complexity index is 1040. The van der Waals surface area contributed by atoms with Gasteiger partial charge in [-0.2, -0.15) is 0 Å². The smallest absolute Gasteiger partial charge is 0.162 e. The van der Waals surface area contributed by atoms with Crippen molar-refractivity contribution < 1.29 is 4.79 Å². The van der Waals surface area contributed by atoms with E-state index in [2.05, 4.69) is 40.8 Å². The number of hydrogen-bond donors (Lipinski definition) is 0. The summed E-state index contributed by atoms with van der Waals surface area (Å²) >= 11 is 0. The molecule has 0 fully saturated rings. The zero-order valence-electron chi connectivity index (χ0n) is 13.2. The van der Waals surface area contributed by atoms with Gasteiger partial charge in [0, 0.05) is 5.56 Å². The van der Waals surface area contributed by atoms with Gasteiger partial charge in [0.15, 0.2) is 5.78 Å². The van der Waals surface area contributed by atoms with Gasteiger partial charge in [-0.15, -0.1) is 0 Å². The number of aromatic nitrogens is 1. The summed E-state index contributed by atoms with van der Waals surface area (Å²) in [6.45, 7) is 3.69. The summed E-state index contributed by atoms with van der Waals surface area (Å²) in [5, 5.41) is 1.17. The fraction of sp³-hybridized carbons (Fsp3) is 0.0952. The Balaban J connectivity index is 2.26. The molecule has 0 saturated heterocycles. The molecule has 0 aliphatic rings. The molecule has 0 saturated carbocycles. The highest BCUT2D eigenvalue weighted by molar-refractivity contribution is 6.06. The number of benzene rings is 2. The molecule has 0 bridgehead atoms. The van der Waals surface area contributed by atoms with Crippen molar-refractivity contribution in [1.29, 1.82) is 0 Å². The molecule has 0 radical (unpaired) electrons. The SMILES string of the molecule is CC(=O)c1c(C)c(-c2ccccc2)n2c1ccc1ccccc12. The molecule has 4 aromatic rings. The van der Waals surface area contributed by atoms with Crippen molar-refractivity contribution in [3.63, 3.8) is 0 Å². The van der Waals surface area contributed by atoms with Gasteiger partial charge >= 0.3 is 0 Å². The molecule has 0 unspecified atom stereocenters. The minimum Gasteiger partial charge on any atom is -0.308 e. The number of pyridine rings is 1. The van der Waals surface area contributed by atoms with Gasteiger partial charge in [-0.3, -0.25) is 4.79 Å². The van der Waals surface area contributed by atoms with Crippen LogP contribution in [0.1, 0.15) is 22.8 Å². The summed E-state index contributed by atoms with van der Waals surface area (Å²) in [7, 11) is 0. The Hall–Kier alpha value is -2.87. The summed E-state index contributed by atoms with van der Waals surface area (Å²) < 4.78 is 2.22. The first kappa shape index (κ1) is 13.8. The number of nitrogens with zero attached hydrogens (tertiary/aromatic N) is 1. The van der Waals surface area contributed by atoms with E-state index in [1.807, 2.05) is 37.3 Å². The second-order valence-corrected chi connectivity index (χ2v) is 5.88. The fourth-order valence-electron chi connectivity index (χ4n) is 3.51. The Labute approximate surface area is 135 Å². The normalized spacial score (nSPS) is 11.2. The average Bonchev–Trinajstić information content (AvgIpc) is 2.88. The highest BCUT2D eigenvalue weighted by Gasteiger charge is 2.20. The second-order valence-electron chi connectivity index (χ2n) is 5.88. The number of carbonyl (C=O) groups excluding carboxylic acids is 1. The number of carbonyl (C=O) groups is 1. The molecule has 0 aliphatic carbocycles. The van der Waals surface area contributed by atoms with Crippen molar-refractivity contribution in [3.05, 3.63) is 77.9 Å². The van der Waals surface area contributed by atoms with E-state index in [1.54, 1.807) is 6.92 Å². The Morgan fingerprint density at radius 2 is 1.52 bits per heavy atom. The molecule has 2 nitrogen and oxygen atoms in total. The van der Waals surface area contributed by atoms with Crippen LogP contribution >= 0.6 is 0 Å². The third kappa shape index (κ3) is 1.99. The first-order chi connectivity index (χ1) is 11.2. The van der Waals surface area contributed by atoms with Crippen LogP contribution in [0.25, 0.3) is 27.7 Å². The monoisotopic (exact) mass is 299 g/mol. The van der Waals surface area contributed by atoms with E-state index in [1.165, 1.54) is 5.39 Å². The zero-order chi connectivity index (χ0) is 16.0. The third-order valence-electron chi connectivity index (χ3n) is 4.45. The van der Waals surface area contributed by atoms with Crippen molar-refractivity contribution in [3.8, 4) is 11.3 Å². The van der Waals surface area contributed by atoms with Crippen LogP contribution in [0.3, 0.4) is 0 Å². The molecule has 2 heterocycles. The minimum atomic E-state index is 0.109. The molecular formula is C21H17NO. The van der Waals surface area contributed by atoms with E-state index in [0.717, 1.165) is 33.4 Å². The zero-order valence-corrected chi connectivity index (χ0v) is 13.2. The quantitative estimate of drug-likeness (QED) is 0.462. The molecule has 2 heteroatoms. The van der Waals surface area contributed by atoms with E-state index in [-0.39, 0.29) is 5.78 Å². The molecule has 0 amide bonds. The van der Waals surface area contributed by atoms with Gasteiger partial charge in [0.2, 0.25) is 0 Å². The Morgan fingerprint density at radius 3 is 2.26 bits per heavy atom. The first-order valence-corrected chi connectivity index (χ1v) is 7.77. The van der Waals surface area contributed by atoms with Crippen LogP contribution in [0.4, 0.5) is 0 Å². The van der Waals surface area contributed by atoms with Crippen LogP contribution in [0, 0.1) is 6.92 Å². The fourth-order valence-corrected chi connectivity index (χ4v) is 3.51. The highest BCUT2D eigenvalue weighted by atomic mass is 16.1. The summed E-state index contributed by atoms with van der Waals surface area (Å²) in [5.74, 6) is 0.109. The lowest BCUT2D eigenvalue weighted by atomic mass is 10.0. The summed E-state index contributed by atoms with van der Waals surface area (Å²) in [5.41, 5.74) is 6.19. The van der Waals surface area contributed by atoms with E-state index < -0.39 is 0 Å². The third-order valence-corrected chi connectivity index (χ3v) is 4.45. The lowest BCUT2D eigenvalue weighted by Gasteiger charge is -2.08. The van der Waals surface area contributed by atoms with Gasteiger partial charge < -0.3 is 4.40 Å². The largest absolute Gasteiger partial charge is 0.308 e. The lowest BCUT2D eigenvalue weighted by Crippen LogP contribution is -1.93. The molecule has 2 aromatic heterocycles. The predicted molar refractivity (Wildman–Crippen MR) is 95.1 cm³/mol. The topological polar surface area (TPSA) is 21.5 Å². The van der Waals surface area contributed by atoms with Crippen molar-refractivity contribution in [2.75, 3.05) is 0 Å². The van der Waals surface area contributed by atoms with E-state index in [4.69, 9.17) is 0 Å². The maximum atomic E-state index is 12.2. The maximum Gasteiger partial charge on any atom is 0.162 e. The van der Waals surface area contributed by atoms with Crippen molar-refractivity contribution >= 4 is 22.2 Å². The van der Waals surface area contributed by atoms with E-state index >= 15 is 0 Å². The highest BCUT2D eigenvalue weighted by Crippen LogP contribution is 2.34. The van der Waals surface area contributed by atoms with Gasteiger partial charge in [-0.1, -0.05) is 54.6 Å². The number of fused-ring (bicyclic) bond motifs is 3. The van der Waals surface area contributed by atoms with E-state index in [0.29, 0.717) is 0 Å². The number of rotatable bonds is 2. The minimum absolute atomic E-state index is 0.109. The molecule has 0 atom stereocenters. The van der Waals surface area contributed by atoms with Crippen molar-refractivity contribution in [1.82, 2.24) is 4.40 Å². The Morgan fingerprint density at radius 1 is 0.826 bits per heavy atom. The summed E-state index contributed by atoms with van der Waals surface area (Å²) in [6, 6.07) is 22.7. The van der Waals surface area contributed by atoms with Gasteiger partial charge in [0.05, 0.1) is 16.7 Å². The molecule has 4 rings (SSSR count). The summed E-state index contributed by atoms with van der Waals surface area (Å²) in [6.07, 6.45) is 0. The molecule has 0 aliphatic heterocycles. The van der Waals surface area contributed by atoms with E-state index in [9.17, 15) is 4.79 Å². The predicted octanol–water partition coefficient (Wildman–Crippen LogP) is 5.27. The second kappa shape index (κ2) is 5.10. The number of hydrogen-bond acceptors (Lipinski definition) is 1. The average molecular weight is 299 g/mol. The van der Waals surface area contributed by atoms with Crippen LogP contribution in [0.2, 0.25) is 0 Å². The van der Waals surface area contributed by atoms with Gasteiger partial charge in [0.25, 0.3) is 0 Å². The van der Waals surface area contributed by atoms with Crippen molar-refractivity contribution in [2.24, 2.45) is 0 Å². The lowest BCUT2D eigenvalue weighted by molar-refractivity contribution is 0.101. The standard InChI is InChI=1S/C21H17NO/c1-14-20(15(2)23)19-13-12-16-8-6-7-11-18(16)22(19)21(14)17-9-4-3-5-10-17/h3-13H,1-2H3. The summed E-state index contributed by atoms with van der Waals surface area (Å²) in [4.78, 5) is 12.2. The number of ketones is 1. The van der Waals surface area contributed by atoms with Gasteiger partial charge in [-0.25, -0.2) is 0 Å². The molecule has 0 spiro atoms. The first-order valence-electron chi connectivity index (χ1n) is 7.77. The molecule has 0 N–H and O–H groups in total. The molecular weight excluding hydrogens is 282 g/mol. The van der Waals surface area contributed by atoms with Gasteiger partial charge in [0.1, 0.15) is 0 Å². The maximum absolute atomic E-state index is 12.2. The number of para-hydroxylation sites is 1. The molecule has 23 heavy (non-hydrogen) atoms. The molecule has 112 valence electrons. The van der Waals surface area contributed by atoms with Crippen LogP contribution < -0.4 is 0 Å². The van der Waals surface area contributed by atoms with Crippen LogP contribution in [-0.4, -0.2) is 10.2 Å².